The van der Waals surface area contributed by atoms with Gasteiger partial charge in [-0.3, -0.25) is 9.59 Å². The SMILES string of the molecule is O=C(CC1CCCN1)N1CCN(C2CC2)C(=O)C1. The lowest BCUT2D eigenvalue weighted by molar-refractivity contribution is -0.145. The molecule has 5 nitrogen and oxygen atoms in total. The number of hydrogen-bond donors (Lipinski definition) is 1. The molecule has 2 amide bonds. The van der Waals surface area contributed by atoms with E-state index in [0.29, 0.717) is 31.6 Å². The molecule has 100 valence electrons. The fraction of sp³-hybridized carbons (Fsp3) is 0.846. The minimum absolute atomic E-state index is 0.136. The Morgan fingerprint density at radius 1 is 1.28 bits per heavy atom. The summed E-state index contributed by atoms with van der Waals surface area (Å²) in [4.78, 5) is 27.7. The van der Waals surface area contributed by atoms with Crippen molar-refractivity contribution in [3.8, 4) is 0 Å². The van der Waals surface area contributed by atoms with E-state index in [2.05, 4.69) is 5.32 Å². The van der Waals surface area contributed by atoms with Gasteiger partial charge in [-0.15, -0.1) is 0 Å². The van der Waals surface area contributed by atoms with Crippen LogP contribution in [0.25, 0.3) is 0 Å². The molecule has 0 aromatic rings. The molecule has 2 aliphatic heterocycles. The van der Waals surface area contributed by atoms with Gasteiger partial charge >= 0.3 is 0 Å². The third-order valence-corrected chi connectivity index (χ3v) is 4.18. The molecule has 0 spiro atoms. The Hall–Kier alpha value is -1.10. The van der Waals surface area contributed by atoms with Crippen LogP contribution >= 0.6 is 0 Å². The second-order valence-electron chi connectivity index (χ2n) is 5.63. The Bertz CT molecular complexity index is 348. The minimum atomic E-state index is 0.136. The van der Waals surface area contributed by atoms with Crippen LogP contribution in [0.15, 0.2) is 0 Å². The summed E-state index contributed by atoms with van der Waals surface area (Å²) in [5.41, 5.74) is 0. The van der Waals surface area contributed by atoms with Gasteiger partial charge in [0.15, 0.2) is 0 Å². The predicted molar refractivity (Wildman–Crippen MR) is 67.0 cm³/mol. The van der Waals surface area contributed by atoms with E-state index in [0.717, 1.165) is 38.8 Å². The van der Waals surface area contributed by atoms with E-state index in [4.69, 9.17) is 0 Å². The van der Waals surface area contributed by atoms with Crippen LogP contribution in [0, 0.1) is 0 Å². The lowest BCUT2D eigenvalue weighted by Crippen LogP contribution is -2.53. The van der Waals surface area contributed by atoms with E-state index in [-0.39, 0.29) is 11.8 Å². The first-order valence-corrected chi connectivity index (χ1v) is 7.04. The number of carbonyl (C=O) groups excluding carboxylic acids is 2. The van der Waals surface area contributed by atoms with Gasteiger partial charge in [0.2, 0.25) is 11.8 Å². The zero-order valence-corrected chi connectivity index (χ0v) is 10.7. The third-order valence-electron chi connectivity index (χ3n) is 4.18. The average Bonchev–Trinajstić information content (AvgIpc) is 3.07. The first kappa shape index (κ1) is 12.0. The van der Waals surface area contributed by atoms with Crippen molar-refractivity contribution < 1.29 is 9.59 Å². The Labute approximate surface area is 107 Å². The van der Waals surface area contributed by atoms with Crippen molar-refractivity contribution in [1.82, 2.24) is 15.1 Å². The van der Waals surface area contributed by atoms with Gasteiger partial charge in [-0.05, 0) is 32.2 Å². The molecule has 2 heterocycles. The summed E-state index contributed by atoms with van der Waals surface area (Å²) < 4.78 is 0. The molecule has 3 fully saturated rings. The summed E-state index contributed by atoms with van der Waals surface area (Å²) in [6.07, 6.45) is 5.09. The first-order chi connectivity index (χ1) is 8.74. The number of hydrogen-bond acceptors (Lipinski definition) is 3. The monoisotopic (exact) mass is 251 g/mol. The van der Waals surface area contributed by atoms with Crippen LogP contribution in [0.1, 0.15) is 32.1 Å². The molecule has 1 atom stereocenters. The molecule has 3 aliphatic rings. The second kappa shape index (κ2) is 4.88. The maximum absolute atomic E-state index is 12.1. The van der Waals surface area contributed by atoms with Crippen molar-refractivity contribution >= 4 is 11.8 Å². The molecule has 0 aromatic carbocycles. The summed E-state index contributed by atoms with van der Waals surface area (Å²) >= 11 is 0. The van der Waals surface area contributed by atoms with Crippen molar-refractivity contribution in [3.63, 3.8) is 0 Å². The van der Waals surface area contributed by atoms with Gasteiger partial charge in [0.05, 0.1) is 6.54 Å². The van der Waals surface area contributed by atoms with Gasteiger partial charge in [0.1, 0.15) is 0 Å². The van der Waals surface area contributed by atoms with Crippen LogP contribution < -0.4 is 5.32 Å². The highest BCUT2D eigenvalue weighted by molar-refractivity contribution is 5.86. The number of rotatable bonds is 3. The highest BCUT2D eigenvalue weighted by Crippen LogP contribution is 2.28. The van der Waals surface area contributed by atoms with Crippen molar-refractivity contribution in [3.05, 3.63) is 0 Å². The number of piperazine rings is 1. The smallest absolute Gasteiger partial charge is 0.242 e. The molecule has 0 aromatic heterocycles. The van der Waals surface area contributed by atoms with Gasteiger partial charge in [-0.2, -0.15) is 0 Å². The first-order valence-electron chi connectivity index (χ1n) is 7.04. The predicted octanol–water partition coefficient (Wildman–Crippen LogP) is -0.0383. The van der Waals surface area contributed by atoms with Gasteiger partial charge in [0, 0.05) is 31.6 Å². The molecule has 1 N–H and O–H groups in total. The Balaban J connectivity index is 1.50. The summed E-state index contributed by atoms with van der Waals surface area (Å²) in [5.74, 6) is 0.273. The zero-order valence-electron chi connectivity index (χ0n) is 10.7. The van der Waals surface area contributed by atoms with Crippen LogP contribution in [0.5, 0.6) is 0 Å². The van der Waals surface area contributed by atoms with Crippen molar-refractivity contribution in [2.45, 2.75) is 44.2 Å². The standard InChI is InChI=1S/C13H21N3O2/c17-12(8-10-2-1-5-14-10)15-6-7-16(11-3-4-11)13(18)9-15/h10-11,14H,1-9H2. The quantitative estimate of drug-likeness (QED) is 0.766. The summed E-state index contributed by atoms with van der Waals surface area (Å²) in [6.45, 7) is 2.76. The average molecular weight is 251 g/mol. The lowest BCUT2D eigenvalue weighted by atomic mass is 10.1. The Kier molecular flexibility index (Phi) is 3.24. The number of nitrogens with one attached hydrogen (secondary N) is 1. The fourth-order valence-corrected chi connectivity index (χ4v) is 2.94. The number of nitrogens with zero attached hydrogens (tertiary/aromatic N) is 2. The molecule has 5 heteroatoms. The van der Waals surface area contributed by atoms with Crippen LogP contribution in [-0.4, -0.2) is 59.9 Å². The fourth-order valence-electron chi connectivity index (χ4n) is 2.94. The van der Waals surface area contributed by atoms with E-state index in [9.17, 15) is 9.59 Å². The molecule has 0 bridgehead atoms. The number of carbonyl (C=O) groups is 2. The van der Waals surface area contributed by atoms with E-state index < -0.39 is 0 Å². The molecule has 1 unspecified atom stereocenters. The Morgan fingerprint density at radius 2 is 2.11 bits per heavy atom. The van der Waals surface area contributed by atoms with Crippen LogP contribution in [-0.2, 0) is 9.59 Å². The molecule has 2 saturated heterocycles. The minimum Gasteiger partial charge on any atom is -0.336 e. The van der Waals surface area contributed by atoms with Crippen molar-refractivity contribution in [1.29, 1.82) is 0 Å². The molecule has 1 aliphatic carbocycles. The summed E-state index contributed by atoms with van der Waals surface area (Å²) in [7, 11) is 0. The zero-order chi connectivity index (χ0) is 12.5. The summed E-state index contributed by atoms with van der Waals surface area (Å²) in [5, 5.41) is 3.33. The Morgan fingerprint density at radius 3 is 2.72 bits per heavy atom. The maximum Gasteiger partial charge on any atom is 0.242 e. The van der Waals surface area contributed by atoms with E-state index in [1.807, 2.05) is 4.90 Å². The molecule has 1 saturated carbocycles. The topological polar surface area (TPSA) is 52.7 Å². The molecule has 18 heavy (non-hydrogen) atoms. The van der Waals surface area contributed by atoms with E-state index in [1.54, 1.807) is 4.90 Å². The lowest BCUT2D eigenvalue weighted by Gasteiger charge is -2.35. The van der Waals surface area contributed by atoms with Crippen LogP contribution in [0.3, 0.4) is 0 Å². The van der Waals surface area contributed by atoms with Gasteiger partial charge in [-0.25, -0.2) is 0 Å². The molecule has 3 rings (SSSR count). The van der Waals surface area contributed by atoms with Crippen molar-refractivity contribution in [2.24, 2.45) is 0 Å². The van der Waals surface area contributed by atoms with Gasteiger partial charge in [0.25, 0.3) is 0 Å². The third kappa shape index (κ3) is 2.51. The normalized spacial score (nSPS) is 28.9. The second-order valence-corrected chi connectivity index (χ2v) is 5.63. The highest BCUT2D eigenvalue weighted by atomic mass is 16.2. The van der Waals surface area contributed by atoms with E-state index >= 15 is 0 Å². The van der Waals surface area contributed by atoms with Crippen LogP contribution in [0.2, 0.25) is 0 Å². The molecule has 0 radical (unpaired) electrons. The maximum atomic E-state index is 12.1. The van der Waals surface area contributed by atoms with Crippen molar-refractivity contribution in [2.75, 3.05) is 26.2 Å². The van der Waals surface area contributed by atoms with E-state index in [1.165, 1.54) is 0 Å². The summed E-state index contributed by atoms with van der Waals surface area (Å²) in [6, 6.07) is 0.806. The molecular weight excluding hydrogens is 230 g/mol. The van der Waals surface area contributed by atoms with Gasteiger partial charge < -0.3 is 15.1 Å². The molecular formula is C13H21N3O2. The van der Waals surface area contributed by atoms with Gasteiger partial charge in [-0.1, -0.05) is 0 Å². The van der Waals surface area contributed by atoms with Crippen LogP contribution in [0.4, 0.5) is 0 Å². The highest BCUT2D eigenvalue weighted by Gasteiger charge is 2.37. The largest absolute Gasteiger partial charge is 0.336 e. The number of amides is 2.